The number of ether oxygens (including phenoxy) is 2. The van der Waals surface area contributed by atoms with Crippen LogP contribution in [0.1, 0.15) is 56.1 Å². The molecule has 2 amide bonds. The fourth-order valence-electron chi connectivity index (χ4n) is 5.93. The molecule has 3 aromatic carbocycles. The van der Waals surface area contributed by atoms with E-state index in [1.54, 1.807) is 23.1 Å². The summed E-state index contributed by atoms with van der Waals surface area (Å²) >= 11 is 3.48. The highest BCUT2D eigenvalue weighted by atomic mass is 79.9. The van der Waals surface area contributed by atoms with Crippen LogP contribution in [0.5, 0.6) is 11.5 Å². The van der Waals surface area contributed by atoms with Gasteiger partial charge in [-0.15, -0.1) is 0 Å². The van der Waals surface area contributed by atoms with Crippen molar-refractivity contribution < 1.29 is 27.5 Å². The van der Waals surface area contributed by atoms with Crippen molar-refractivity contribution in [2.24, 2.45) is 0 Å². The van der Waals surface area contributed by atoms with Gasteiger partial charge in [-0.05, 0) is 54.7 Å². The second-order valence-corrected chi connectivity index (χ2v) is 14.5. The van der Waals surface area contributed by atoms with Gasteiger partial charge in [0.1, 0.15) is 6.04 Å². The van der Waals surface area contributed by atoms with Crippen molar-refractivity contribution in [3.63, 3.8) is 0 Å². The van der Waals surface area contributed by atoms with E-state index in [0.29, 0.717) is 23.6 Å². The van der Waals surface area contributed by atoms with Gasteiger partial charge in [0, 0.05) is 42.5 Å². The van der Waals surface area contributed by atoms with Crippen LogP contribution in [0, 0.1) is 0 Å². The molecular formula is C34H40BrN3O6S. The maximum Gasteiger partial charge on any atom is 0.243 e. The molecule has 0 radical (unpaired) electrons. The van der Waals surface area contributed by atoms with Gasteiger partial charge in [0.05, 0.1) is 11.9 Å². The number of nitrogens with one attached hydrogen (secondary N) is 1. The molecule has 2 aliphatic rings. The van der Waals surface area contributed by atoms with Crippen molar-refractivity contribution in [2.75, 3.05) is 23.9 Å². The topological polar surface area (TPSA) is 105 Å². The van der Waals surface area contributed by atoms with Crippen molar-refractivity contribution in [2.45, 2.75) is 70.0 Å². The first-order valence-corrected chi connectivity index (χ1v) is 18.1. The summed E-state index contributed by atoms with van der Waals surface area (Å²) in [4.78, 5) is 29.7. The Hall–Kier alpha value is -3.57. The molecule has 1 N–H and O–H groups in total. The predicted octanol–water partition coefficient (Wildman–Crippen LogP) is 5.81. The molecule has 1 aliphatic heterocycles. The molecule has 9 nitrogen and oxygen atoms in total. The zero-order chi connectivity index (χ0) is 31.8. The van der Waals surface area contributed by atoms with Crippen molar-refractivity contribution in [3.05, 3.63) is 88.4 Å². The van der Waals surface area contributed by atoms with Crippen molar-refractivity contribution in [1.29, 1.82) is 0 Å². The summed E-state index contributed by atoms with van der Waals surface area (Å²) in [7, 11) is -3.65. The van der Waals surface area contributed by atoms with Crippen LogP contribution in [-0.2, 0) is 32.6 Å². The van der Waals surface area contributed by atoms with Crippen LogP contribution < -0.4 is 19.1 Å². The highest BCUT2D eigenvalue weighted by Gasteiger charge is 2.32. The van der Waals surface area contributed by atoms with Crippen molar-refractivity contribution >= 4 is 43.5 Å². The van der Waals surface area contributed by atoms with Gasteiger partial charge < -0.3 is 19.7 Å². The summed E-state index contributed by atoms with van der Waals surface area (Å²) in [5.74, 6) is 0.665. The van der Waals surface area contributed by atoms with Crippen LogP contribution in [0.3, 0.4) is 0 Å². The number of amides is 2. The van der Waals surface area contributed by atoms with E-state index in [1.165, 1.54) is 10.7 Å². The van der Waals surface area contributed by atoms with Crippen LogP contribution in [0.2, 0.25) is 0 Å². The molecule has 3 aromatic rings. The number of anilines is 1. The van der Waals surface area contributed by atoms with Gasteiger partial charge in [-0.25, -0.2) is 8.42 Å². The Bertz CT molecular complexity index is 1560. The number of rotatable bonds is 13. The van der Waals surface area contributed by atoms with Crippen LogP contribution >= 0.6 is 15.9 Å². The number of sulfonamides is 1. The molecule has 1 aliphatic carbocycles. The van der Waals surface area contributed by atoms with Gasteiger partial charge in [0.25, 0.3) is 0 Å². The number of hydrogen-bond acceptors (Lipinski definition) is 6. The molecule has 1 saturated carbocycles. The summed E-state index contributed by atoms with van der Waals surface area (Å²) in [6.45, 7) is 0.423. The Labute approximate surface area is 274 Å². The van der Waals surface area contributed by atoms with Crippen LogP contribution in [-0.4, -0.2) is 56.8 Å². The zero-order valence-corrected chi connectivity index (χ0v) is 27.9. The molecule has 45 heavy (non-hydrogen) atoms. The second-order valence-electron chi connectivity index (χ2n) is 11.7. The third-order valence-electron chi connectivity index (χ3n) is 8.29. The number of halogens is 1. The number of carbonyl (C=O) groups excluding carboxylic acids is 2. The molecule has 240 valence electrons. The highest BCUT2D eigenvalue weighted by Crippen LogP contribution is 2.36. The number of hydrogen-bond donors (Lipinski definition) is 1. The molecule has 1 fully saturated rings. The van der Waals surface area contributed by atoms with Gasteiger partial charge in [0.15, 0.2) is 11.5 Å². The lowest BCUT2D eigenvalue weighted by atomic mass is 9.94. The molecule has 0 bridgehead atoms. The van der Waals surface area contributed by atoms with Crippen LogP contribution in [0.4, 0.5) is 5.69 Å². The van der Waals surface area contributed by atoms with Crippen LogP contribution in [0.25, 0.3) is 0 Å². The van der Waals surface area contributed by atoms with E-state index in [1.807, 2.05) is 54.6 Å². The van der Waals surface area contributed by atoms with Gasteiger partial charge in [-0.1, -0.05) is 77.7 Å². The number of fused-ring (bicyclic) bond motifs is 1. The number of nitrogens with zero attached hydrogens (tertiary/aromatic N) is 2. The van der Waals surface area contributed by atoms with E-state index in [-0.39, 0.29) is 50.6 Å². The fraction of sp³-hybridized carbons (Fsp3) is 0.412. The molecule has 1 heterocycles. The lowest BCUT2D eigenvalue weighted by molar-refractivity contribution is -0.141. The molecule has 5 rings (SSSR count). The van der Waals surface area contributed by atoms with Gasteiger partial charge in [-0.2, -0.15) is 0 Å². The Morgan fingerprint density at radius 1 is 0.933 bits per heavy atom. The van der Waals surface area contributed by atoms with Crippen LogP contribution in [0.15, 0.2) is 77.3 Å². The van der Waals surface area contributed by atoms with E-state index < -0.39 is 16.1 Å². The highest BCUT2D eigenvalue weighted by molar-refractivity contribution is 9.10. The molecule has 11 heteroatoms. The average Bonchev–Trinajstić information content (AvgIpc) is 3.50. The van der Waals surface area contributed by atoms with Crippen molar-refractivity contribution in [3.8, 4) is 11.5 Å². The van der Waals surface area contributed by atoms with E-state index in [9.17, 15) is 18.0 Å². The minimum absolute atomic E-state index is 0.0646. The second kappa shape index (κ2) is 15.1. The molecular weight excluding hydrogens is 658 g/mol. The molecule has 0 spiro atoms. The van der Waals surface area contributed by atoms with E-state index in [0.717, 1.165) is 47.5 Å². The molecule has 0 saturated heterocycles. The number of benzene rings is 3. The Kier molecular flexibility index (Phi) is 11.0. The Morgan fingerprint density at radius 3 is 2.36 bits per heavy atom. The summed E-state index contributed by atoms with van der Waals surface area (Å²) in [5.41, 5.74) is 2.30. The number of carbonyl (C=O) groups is 2. The first-order valence-electron chi connectivity index (χ1n) is 15.4. The van der Waals surface area contributed by atoms with Crippen molar-refractivity contribution in [1.82, 2.24) is 10.2 Å². The maximum atomic E-state index is 14.1. The summed E-state index contributed by atoms with van der Waals surface area (Å²) in [6, 6.07) is 21.8. The summed E-state index contributed by atoms with van der Waals surface area (Å²) in [5, 5.41) is 3.26. The minimum atomic E-state index is -3.65. The van der Waals surface area contributed by atoms with E-state index in [4.69, 9.17) is 9.47 Å². The monoisotopic (exact) mass is 697 g/mol. The first kappa shape index (κ1) is 32.8. The summed E-state index contributed by atoms with van der Waals surface area (Å²) < 4.78 is 38.6. The minimum Gasteiger partial charge on any atom is -0.454 e. The van der Waals surface area contributed by atoms with Gasteiger partial charge in [0.2, 0.25) is 28.6 Å². The molecule has 0 aromatic heterocycles. The van der Waals surface area contributed by atoms with E-state index >= 15 is 0 Å². The lowest BCUT2D eigenvalue weighted by Gasteiger charge is -2.34. The lowest BCUT2D eigenvalue weighted by Crippen LogP contribution is -2.52. The quantitative estimate of drug-likeness (QED) is 0.242. The standard InChI is InChI=1S/C34H40BrN3O6S/c1-45(41,42)38(29-18-19-31-32(22-29)44-24-43-31)20-8-13-33(39)37(23-26-14-16-27(35)17-15-26)30(21-25-9-4-2-5-10-25)34(40)36-28-11-6-3-7-12-28/h2,4-5,9-10,14-19,22,28,30H,3,6-8,11-13,20-21,23-24H2,1H3,(H,36,40). The van der Waals surface area contributed by atoms with Gasteiger partial charge in [-0.3, -0.25) is 13.9 Å². The molecule has 1 unspecified atom stereocenters. The van der Waals surface area contributed by atoms with Gasteiger partial charge >= 0.3 is 0 Å². The Balaban J connectivity index is 1.37. The van der Waals surface area contributed by atoms with E-state index in [2.05, 4.69) is 21.2 Å². The first-order chi connectivity index (χ1) is 21.7. The third-order valence-corrected chi connectivity index (χ3v) is 10.0. The fourth-order valence-corrected chi connectivity index (χ4v) is 7.15. The normalized spacial score (nSPS) is 15.3. The predicted molar refractivity (Wildman–Crippen MR) is 178 cm³/mol. The largest absolute Gasteiger partial charge is 0.454 e. The smallest absolute Gasteiger partial charge is 0.243 e. The molecule has 1 atom stereocenters. The SMILES string of the molecule is CS(=O)(=O)N(CCCC(=O)N(Cc1ccc(Br)cc1)C(Cc1ccccc1)C(=O)NC1CCCCC1)c1ccc2c(c1)OCO2. The average molecular weight is 699 g/mol. The maximum absolute atomic E-state index is 14.1. The zero-order valence-electron chi connectivity index (χ0n) is 25.5. The summed E-state index contributed by atoms with van der Waals surface area (Å²) in [6.07, 6.45) is 7.04. The third kappa shape index (κ3) is 9.00. The Morgan fingerprint density at radius 2 is 1.64 bits per heavy atom.